The van der Waals surface area contributed by atoms with E-state index in [0.29, 0.717) is 5.69 Å². The van der Waals surface area contributed by atoms with Crippen LogP contribution in [0.25, 0.3) is 0 Å². The SMILES string of the molecule is COC(=O)c1cn(NC(N)=O)c(C)c1C(=O)OC. The summed E-state index contributed by atoms with van der Waals surface area (Å²) < 4.78 is 10.3. The van der Waals surface area contributed by atoms with Crippen molar-refractivity contribution in [2.24, 2.45) is 5.73 Å². The molecule has 0 unspecified atom stereocenters. The van der Waals surface area contributed by atoms with Gasteiger partial charge in [-0.05, 0) is 6.92 Å². The van der Waals surface area contributed by atoms with Gasteiger partial charge in [0.15, 0.2) is 0 Å². The van der Waals surface area contributed by atoms with Gasteiger partial charge in [-0.2, -0.15) is 0 Å². The van der Waals surface area contributed by atoms with E-state index in [1.165, 1.54) is 27.3 Å². The molecular weight excluding hydrogens is 242 g/mol. The number of carbonyl (C=O) groups excluding carboxylic acids is 3. The first-order chi connectivity index (χ1) is 8.42. The van der Waals surface area contributed by atoms with Crippen molar-refractivity contribution in [2.75, 3.05) is 19.6 Å². The average molecular weight is 255 g/mol. The van der Waals surface area contributed by atoms with E-state index in [2.05, 4.69) is 14.9 Å². The number of hydrogen-bond acceptors (Lipinski definition) is 5. The number of amides is 2. The number of primary amides is 1. The fourth-order valence-corrected chi connectivity index (χ4v) is 1.47. The summed E-state index contributed by atoms with van der Waals surface area (Å²) in [6.07, 6.45) is 1.23. The van der Waals surface area contributed by atoms with E-state index in [1.807, 2.05) is 0 Å². The summed E-state index contributed by atoms with van der Waals surface area (Å²) in [5.41, 5.74) is 7.50. The van der Waals surface area contributed by atoms with Crippen molar-refractivity contribution < 1.29 is 23.9 Å². The molecule has 8 nitrogen and oxygen atoms in total. The van der Waals surface area contributed by atoms with Crippen molar-refractivity contribution in [3.63, 3.8) is 0 Å². The van der Waals surface area contributed by atoms with Crippen LogP contribution in [0.3, 0.4) is 0 Å². The van der Waals surface area contributed by atoms with Crippen LogP contribution in [-0.2, 0) is 9.47 Å². The second-order valence-corrected chi connectivity index (χ2v) is 3.33. The first-order valence-electron chi connectivity index (χ1n) is 4.87. The maximum absolute atomic E-state index is 11.6. The zero-order valence-electron chi connectivity index (χ0n) is 10.1. The molecule has 8 heteroatoms. The number of ether oxygens (including phenoxy) is 2. The Morgan fingerprint density at radius 3 is 2.22 bits per heavy atom. The Morgan fingerprint density at radius 1 is 1.22 bits per heavy atom. The molecule has 1 rings (SSSR count). The maximum atomic E-state index is 11.6. The van der Waals surface area contributed by atoms with E-state index in [-0.39, 0.29) is 11.1 Å². The molecule has 0 aliphatic heterocycles. The molecule has 0 aliphatic carbocycles. The second-order valence-electron chi connectivity index (χ2n) is 3.33. The Balaban J connectivity index is 3.35. The quantitative estimate of drug-likeness (QED) is 0.737. The van der Waals surface area contributed by atoms with Crippen molar-refractivity contribution in [1.29, 1.82) is 0 Å². The molecule has 1 heterocycles. The van der Waals surface area contributed by atoms with Gasteiger partial charge in [0, 0.05) is 6.20 Å². The van der Waals surface area contributed by atoms with Gasteiger partial charge >= 0.3 is 18.0 Å². The summed E-state index contributed by atoms with van der Waals surface area (Å²) in [5.74, 6) is -1.43. The molecule has 0 saturated heterocycles. The number of hydrogen-bond donors (Lipinski definition) is 2. The van der Waals surface area contributed by atoms with Crippen LogP contribution in [0, 0.1) is 6.92 Å². The van der Waals surface area contributed by atoms with Crippen LogP contribution >= 0.6 is 0 Å². The molecule has 1 aromatic rings. The largest absolute Gasteiger partial charge is 0.465 e. The van der Waals surface area contributed by atoms with Gasteiger partial charge in [-0.1, -0.05) is 0 Å². The lowest BCUT2D eigenvalue weighted by Crippen LogP contribution is -2.28. The van der Waals surface area contributed by atoms with E-state index in [1.54, 1.807) is 0 Å². The van der Waals surface area contributed by atoms with Crippen LogP contribution in [0.5, 0.6) is 0 Å². The molecule has 0 saturated carbocycles. The highest BCUT2D eigenvalue weighted by molar-refractivity contribution is 6.04. The molecule has 0 aliphatic rings. The van der Waals surface area contributed by atoms with Gasteiger partial charge in [-0.15, -0.1) is 0 Å². The Labute approximate surface area is 103 Å². The molecular formula is C10H13N3O5. The van der Waals surface area contributed by atoms with Crippen molar-refractivity contribution in [3.8, 4) is 0 Å². The molecule has 0 aromatic carbocycles. The number of rotatable bonds is 3. The fraction of sp³-hybridized carbons (Fsp3) is 0.300. The number of nitrogens with two attached hydrogens (primary N) is 1. The predicted molar refractivity (Wildman–Crippen MR) is 60.8 cm³/mol. The van der Waals surface area contributed by atoms with Crippen molar-refractivity contribution >= 4 is 18.0 Å². The van der Waals surface area contributed by atoms with Gasteiger partial charge < -0.3 is 15.2 Å². The number of aromatic nitrogens is 1. The normalized spacial score (nSPS) is 9.72. The number of carbonyl (C=O) groups is 3. The van der Waals surface area contributed by atoms with E-state index in [9.17, 15) is 14.4 Å². The zero-order chi connectivity index (χ0) is 13.9. The Bertz CT molecular complexity index is 506. The van der Waals surface area contributed by atoms with Crippen molar-refractivity contribution in [3.05, 3.63) is 23.0 Å². The Morgan fingerprint density at radius 2 is 1.78 bits per heavy atom. The van der Waals surface area contributed by atoms with Gasteiger partial charge in [-0.25, -0.2) is 19.8 Å². The summed E-state index contributed by atoms with van der Waals surface area (Å²) >= 11 is 0. The van der Waals surface area contributed by atoms with Crippen LogP contribution in [0.4, 0.5) is 4.79 Å². The first kappa shape index (κ1) is 13.6. The number of methoxy groups -OCH3 is 2. The van der Waals surface area contributed by atoms with Crippen LogP contribution in [0.1, 0.15) is 26.4 Å². The van der Waals surface area contributed by atoms with Crippen LogP contribution in [0.2, 0.25) is 0 Å². The first-order valence-corrected chi connectivity index (χ1v) is 4.87. The van der Waals surface area contributed by atoms with Crippen LogP contribution in [0.15, 0.2) is 6.20 Å². The molecule has 0 bridgehead atoms. The average Bonchev–Trinajstić information content (AvgIpc) is 2.64. The molecule has 3 N–H and O–H groups in total. The van der Waals surface area contributed by atoms with E-state index < -0.39 is 18.0 Å². The lowest BCUT2D eigenvalue weighted by Gasteiger charge is -2.05. The van der Waals surface area contributed by atoms with Gasteiger partial charge in [0.25, 0.3) is 0 Å². The third-order valence-electron chi connectivity index (χ3n) is 2.28. The third kappa shape index (κ3) is 2.42. The number of nitrogens with zero attached hydrogens (tertiary/aromatic N) is 1. The molecule has 1 aromatic heterocycles. The molecule has 98 valence electrons. The standard InChI is InChI=1S/C10H13N3O5/c1-5-7(9(15)18-3)6(8(14)17-2)4-13(5)12-10(11)16/h4H,1-3H3,(H3,11,12,16). The van der Waals surface area contributed by atoms with Crippen molar-refractivity contribution in [2.45, 2.75) is 6.92 Å². The van der Waals surface area contributed by atoms with E-state index in [0.717, 1.165) is 4.68 Å². The molecule has 0 radical (unpaired) electrons. The van der Waals surface area contributed by atoms with Gasteiger partial charge in [0.1, 0.15) is 0 Å². The summed E-state index contributed by atoms with van der Waals surface area (Å²) in [6, 6.07) is -0.832. The third-order valence-corrected chi connectivity index (χ3v) is 2.28. The molecule has 0 fully saturated rings. The number of esters is 2. The fourth-order valence-electron chi connectivity index (χ4n) is 1.47. The van der Waals surface area contributed by atoms with Crippen LogP contribution in [-0.4, -0.2) is 36.9 Å². The highest BCUT2D eigenvalue weighted by Crippen LogP contribution is 2.18. The lowest BCUT2D eigenvalue weighted by atomic mass is 10.1. The molecule has 0 spiro atoms. The number of urea groups is 1. The van der Waals surface area contributed by atoms with E-state index in [4.69, 9.17) is 5.73 Å². The maximum Gasteiger partial charge on any atom is 0.340 e. The highest BCUT2D eigenvalue weighted by Gasteiger charge is 2.25. The van der Waals surface area contributed by atoms with Crippen LogP contribution < -0.4 is 11.2 Å². The van der Waals surface area contributed by atoms with Gasteiger partial charge in [-0.3, -0.25) is 4.68 Å². The number of nitrogens with one attached hydrogen (secondary N) is 1. The summed E-state index contributed by atoms with van der Waals surface area (Å²) in [5, 5.41) is 0. The molecule has 18 heavy (non-hydrogen) atoms. The Hall–Kier alpha value is -2.51. The van der Waals surface area contributed by atoms with Crippen molar-refractivity contribution in [1.82, 2.24) is 4.68 Å². The van der Waals surface area contributed by atoms with Gasteiger partial charge in [0.05, 0.1) is 31.0 Å². The minimum Gasteiger partial charge on any atom is -0.465 e. The summed E-state index contributed by atoms with van der Waals surface area (Å²) in [6.45, 7) is 1.52. The second kappa shape index (κ2) is 5.21. The smallest absolute Gasteiger partial charge is 0.340 e. The monoisotopic (exact) mass is 255 g/mol. The molecule has 0 atom stereocenters. The van der Waals surface area contributed by atoms with E-state index >= 15 is 0 Å². The summed E-state index contributed by atoms with van der Waals surface area (Å²) in [4.78, 5) is 33.9. The summed E-state index contributed by atoms with van der Waals surface area (Å²) in [7, 11) is 2.36. The van der Waals surface area contributed by atoms with Gasteiger partial charge in [0.2, 0.25) is 0 Å². The Kier molecular flexibility index (Phi) is 3.93. The predicted octanol–water partition coefficient (Wildman–Crippen LogP) is -0.00808. The lowest BCUT2D eigenvalue weighted by molar-refractivity contribution is 0.0556. The zero-order valence-corrected chi connectivity index (χ0v) is 10.1. The topological polar surface area (TPSA) is 113 Å². The minimum absolute atomic E-state index is 0.0121. The highest BCUT2D eigenvalue weighted by atomic mass is 16.5. The molecule has 2 amide bonds. The minimum atomic E-state index is -0.832.